The first-order chi connectivity index (χ1) is 10.8. The van der Waals surface area contributed by atoms with Crippen LogP contribution in [0.2, 0.25) is 0 Å². The van der Waals surface area contributed by atoms with Crippen LogP contribution in [-0.4, -0.2) is 24.1 Å². The highest BCUT2D eigenvalue weighted by Crippen LogP contribution is 2.26. The maximum Gasteiger partial charge on any atom is 0.336 e. The lowest BCUT2D eigenvalue weighted by atomic mass is 9.91. The number of nitrogens with one attached hydrogen (secondary N) is 1. The van der Waals surface area contributed by atoms with E-state index >= 15 is 0 Å². The van der Waals surface area contributed by atoms with Gasteiger partial charge in [-0.15, -0.1) is 0 Å². The van der Waals surface area contributed by atoms with Crippen LogP contribution in [0.25, 0.3) is 0 Å². The minimum Gasteiger partial charge on any atom is -0.467 e. The van der Waals surface area contributed by atoms with Crippen molar-refractivity contribution in [2.75, 3.05) is 7.11 Å². The van der Waals surface area contributed by atoms with Gasteiger partial charge in [0, 0.05) is 11.6 Å². The van der Waals surface area contributed by atoms with E-state index in [9.17, 15) is 18.4 Å². The molecule has 0 bridgehead atoms. The van der Waals surface area contributed by atoms with E-state index in [1.165, 1.54) is 13.0 Å². The molecule has 8 heteroatoms. The summed E-state index contributed by atoms with van der Waals surface area (Å²) in [7, 11) is 1.07. The molecular formula is C15H14F2N2O4. The van der Waals surface area contributed by atoms with Crippen LogP contribution in [0.4, 0.5) is 8.78 Å². The molecule has 1 atom stereocenters. The molecule has 1 aromatic carbocycles. The van der Waals surface area contributed by atoms with Gasteiger partial charge in [0.2, 0.25) is 5.76 Å². The highest BCUT2D eigenvalue weighted by molar-refractivity contribution is 5.96. The van der Waals surface area contributed by atoms with Crippen LogP contribution in [0.15, 0.2) is 28.8 Å². The van der Waals surface area contributed by atoms with E-state index in [-0.39, 0.29) is 11.3 Å². The molecule has 6 nitrogen and oxygen atoms in total. The lowest BCUT2D eigenvalue weighted by Crippen LogP contribution is -2.50. The number of ether oxygens (including phenoxy) is 1. The summed E-state index contributed by atoms with van der Waals surface area (Å²) in [5.41, 5.74) is -1.86. The second-order valence-electron chi connectivity index (χ2n) is 5.03. The van der Waals surface area contributed by atoms with Crippen molar-refractivity contribution in [3.05, 3.63) is 52.9 Å². The van der Waals surface area contributed by atoms with Gasteiger partial charge in [0.1, 0.15) is 11.6 Å². The van der Waals surface area contributed by atoms with Crippen LogP contribution < -0.4 is 5.32 Å². The molecule has 2 aromatic rings. The molecule has 0 saturated heterocycles. The molecule has 23 heavy (non-hydrogen) atoms. The van der Waals surface area contributed by atoms with Gasteiger partial charge in [0.25, 0.3) is 5.91 Å². The van der Waals surface area contributed by atoms with Crippen LogP contribution in [0, 0.1) is 18.6 Å². The summed E-state index contributed by atoms with van der Waals surface area (Å²) in [4.78, 5) is 24.3. The quantitative estimate of drug-likeness (QED) is 0.871. The average Bonchev–Trinajstić information content (AvgIpc) is 2.95. The molecule has 1 aromatic heterocycles. The molecule has 0 radical (unpaired) electrons. The molecule has 1 heterocycles. The van der Waals surface area contributed by atoms with Gasteiger partial charge in [-0.3, -0.25) is 4.79 Å². The molecular weight excluding hydrogens is 310 g/mol. The number of amides is 1. The Hall–Kier alpha value is -2.77. The molecule has 0 unspecified atom stereocenters. The fourth-order valence-electron chi connectivity index (χ4n) is 2.07. The normalized spacial score (nSPS) is 13.3. The summed E-state index contributed by atoms with van der Waals surface area (Å²) in [6, 6.07) is 3.92. The van der Waals surface area contributed by atoms with Crippen LogP contribution in [-0.2, 0) is 15.1 Å². The van der Waals surface area contributed by atoms with Crippen molar-refractivity contribution in [3.63, 3.8) is 0 Å². The predicted octanol–water partition coefficient (Wildman–Crippen LogP) is 2.08. The topological polar surface area (TPSA) is 81.4 Å². The third-order valence-electron chi connectivity index (χ3n) is 3.28. The van der Waals surface area contributed by atoms with Crippen LogP contribution in [0.3, 0.4) is 0 Å². The van der Waals surface area contributed by atoms with Crippen molar-refractivity contribution < 1.29 is 27.6 Å². The minimum atomic E-state index is -1.95. The smallest absolute Gasteiger partial charge is 0.336 e. The molecule has 1 amide bonds. The Morgan fingerprint density at radius 1 is 1.30 bits per heavy atom. The number of nitrogens with zero attached hydrogens (tertiary/aromatic N) is 1. The van der Waals surface area contributed by atoms with E-state index in [0.717, 1.165) is 25.3 Å². The summed E-state index contributed by atoms with van der Waals surface area (Å²) in [6.45, 7) is 2.81. The summed E-state index contributed by atoms with van der Waals surface area (Å²) in [6.07, 6.45) is 0. The lowest BCUT2D eigenvalue weighted by Gasteiger charge is -2.28. The number of aryl methyl sites for hydroxylation is 1. The molecule has 0 aliphatic carbocycles. The maximum absolute atomic E-state index is 14.1. The number of halogens is 2. The van der Waals surface area contributed by atoms with Gasteiger partial charge in [0.05, 0.1) is 12.8 Å². The Bertz CT molecular complexity index is 760. The first-order valence-electron chi connectivity index (χ1n) is 6.57. The van der Waals surface area contributed by atoms with Gasteiger partial charge in [-0.05, 0) is 32.0 Å². The third-order valence-corrected chi connectivity index (χ3v) is 3.28. The molecule has 0 fully saturated rings. The van der Waals surface area contributed by atoms with Gasteiger partial charge in [-0.25, -0.2) is 13.6 Å². The highest BCUT2D eigenvalue weighted by Gasteiger charge is 2.41. The summed E-state index contributed by atoms with van der Waals surface area (Å²) in [5.74, 6) is -3.59. The second-order valence-corrected chi connectivity index (χ2v) is 5.03. The van der Waals surface area contributed by atoms with Crippen molar-refractivity contribution in [1.82, 2.24) is 10.5 Å². The first kappa shape index (κ1) is 16.6. The monoisotopic (exact) mass is 324 g/mol. The number of hydrogen-bond donors (Lipinski definition) is 1. The van der Waals surface area contributed by atoms with Gasteiger partial charge < -0.3 is 14.6 Å². The Labute approximate surface area is 130 Å². The van der Waals surface area contributed by atoms with Gasteiger partial charge in [-0.2, -0.15) is 0 Å². The zero-order valence-corrected chi connectivity index (χ0v) is 12.6. The number of aromatic nitrogens is 1. The maximum atomic E-state index is 14.1. The first-order valence-corrected chi connectivity index (χ1v) is 6.57. The van der Waals surface area contributed by atoms with Crippen molar-refractivity contribution in [1.29, 1.82) is 0 Å². The minimum absolute atomic E-state index is 0.172. The Morgan fingerprint density at radius 2 is 2.00 bits per heavy atom. The van der Waals surface area contributed by atoms with E-state index in [1.54, 1.807) is 6.92 Å². The average molecular weight is 324 g/mol. The summed E-state index contributed by atoms with van der Waals surface area (Å²) >= 11 is 0. The van der Waals surface area contributed by atoms with Crippen LogP contribution in [0.1, 0.15) is 28.7 Å². The fraction of sp³-hybridized carbons (Fsp3) is 0.267. The number of carbonyl (C=O) groups excluding carboxylic acids is 2. The molecule has 0 aliphatic rings. The lowest BCUT2D eigenvalue weighted by molar-refractivity contribution is -0.148. The van der Waals surface area contributed by atoms with Gasteiger partial charge in [0.15, 0.2) is 5.54 Å². The number of carbonyl (C=O) groups is 2. The molecule has 0 aliphatic heterocycles. The van der Waals surface area contributed by atoms with E-state index < -0.39 is 29.0 Å². The summed E-state index contributed by atoms with van der Waals surface area (Å²) < 4.78 is 36.9. The second kappa shape index (κ2) is 6.15. The Morgan fingerprint density at radius 3 is 2.57 bits per heavy atom. The number of benzene rings is 1. The van der Waals surface area contributed by atoms with E-state index in [0.29, 0.717) is 5.69 Å². The number of methoxy groups -OCH3 is 1. The van der Waals surface area contributed by atoms with E-state index in [2.05, 4.69) is 15.2 Å². The fourth-order valence-corrected chi connectivity index (χ4v) is 2.07. The van der Waals surface area contributed by atoms with Crippen molar-refractivity contribution in [2.24, 2.45) is 0 Å². The Balaban J connectivity index is 2.45. The highest BCUT2D eigenvalue weighted by atomic mass is 19.1. The number of rotatable bonds is 4. The molecule has 0 saturated carbocycles. The largest absolute Gasteiger partial charge is 0.467 e. The molecule has 1 N–H and O–H groups in total. The van der Waals surface area contributed by atoms with Crippen LogP contribution >= 0.6 is 0 Å². The van der Waals surface area contributed by atoms with E-state index in [4.69, 9.17) is 4.52 Å². The standard InChI is InChI=1S/C15H14F2N2O4/c1-8-6-12(23-19-8)13(20)18-15(2,14(21)22-3)10-7-9(16)4-5-11(10)17/h4-7H,1-3H3,(H,18,20)/t15-/m1/s1. The van der Waals surface area contributed by atoms with E-state index in [1.807, 2.05) is 0 Å². The zero-order chi connectivity index (χ0) is 17.2. The third kappa shape index (κ3) is 3.20. The van der Waals surface area contributed by atoms with Crippen molar-refractivity contribution in [3.8, 4) is 0 Å². The number of esters is 1. The van der Waals surface area contributed by atoms with Gasteiger partial charge >= 0.3 is 5.97 Å². The molecule has 122 valence electrons. The number of hydrogen-bond acceptors (Lipinski definition) is 5. The summed E-state index contributed by atoms with van der Waals surface area (Å²) in [5, 5.41) is 5.86. The SMILES string of the molecule is COC(=O)[C@](C)(NC(=O)c1cc(C)no1)c1cc(F)ccc1F. The Kier molecular flexibility index (Phi) is 4.44. The van der Waals surface area contributed by atoms with Crippen LogP contribution in [0.5, 0.6) is 0 Å². The zero-order valence-electron chi connectivity index (χ0n) is 12.6. The predicted molar refractivity (Wildman–Crippen MR) is 74.4 cm³/mol. The van der Waals surface area contributed by atoms with Gasteiger partial charge in [-0.1, -0.05) is 5.16 Å². The van der Waals surface area contributed by atoms with Crippen molar-refractivity contribution in [2.45, 2.75) is 19.4 Å². The molecule has 0 spiro atoms. The molecule has 2 rings (SSSR count). The van der Waals surface area contributed by atoms with Crippen molar-refractivity contribution >= 4 is 11.9 Å².